The van der Waals surface area contributed by atoms with Gasteiger partial charge in [0.05, 0.1) is 42.7 Å². The van der Waals surface area contributed by atoms with Gasteiger partial charge in [0.25, 0.3) is 0 Å². The molecule has 1 saturated heterocycles. The van der Waals surface area contributed by atoms with Gasteiger partial charge in [-0.1, -0.05) is 99.1 Å². The van der Waals surface area contributed by atoms with Gasteiger partial charge in [-0.2, -0.15) is 0 Å². The molecule has 4 amide bonds. The highest BCUT2D eigenvalue weighted by Gasteiger charge is 2.43. The number of hydrogen-bond donors (Lipinski definition) is 3. The fraction of sp³-hybridized carbons (Fsp3) is 0.750. The van der Waals surface area contributed by atoms with E-state index in [1.807, 2.05) is 78.9 Å². The lowest BCUT2D eigenvalue weighted by molar-refractivity contribution is -0.148. The first-order valence-corrected chi connectivity index (χ1v) is 21.1. The van der Waals surface area contributed by atoms with Crippen molar-refractivity contribution in [1.29, 1.82) is 0 Å². The number of ether oxygens (including phenoxy) is 2. The van der Waals surface area contributed by atoms with E-state index >= 15 is 0 Å². The smallest absolute Gasteiger partial charge is 0.326 e. The van der Waals surface area contributed by atoms with Gasteiger partial charge in [0.1, 0.15) is 12.1 Å². The summed E-state index contributed by atoms with van der Waals surface area (Å²) in [5, 5.41) is 15.7. The predicted molar refractivity (Wildman–Crippen MR) is 223 cm³/mol. The summed E-state index contributed by atoms with van der Waals surface area (Å²) in [6.45, 7) is 18.4. The molecular weight excluding hydrogens is 727 g/mol. The van der Waals surface area contributed by atoms with Crippen LogP contribution in [0.2, 0.25) is 0 Å². The average molecular weight is 802 g/mol. The number of aliphatic carboxylic acids is 1. The lowest BCUT2D eigenvalue weighted by Crippen LogP contribution is -2.60. The van der Waals surface area contributed by atoms with Gasteiger partial charge in [-0.05, 0) is 56.0 Å². The van der Waals surface area contributed by atoms with E-state index in [-0.39, 0.29) is 54.4 Å². The van der Waals surface area contributed by atoms with Crippen molar-refractivity contribution in [3.8, 4) is 0 Å². The monoisotopic (exact) mass is 802 g/mol. The Morgan fingerprint density at radius 2 is 1.47 bits per heavy atom. The Hall–Kier alpha value is -3.55. The Morgan fingerprint density at radius 3 is 1.96 bits per heavy atom. The number of carboxylic acid groups (broad SMARTS) is 1. The first-order chi connectivity index (χ1) is 26.9. The first-order valence-electron chi connectivity index (χ1n) is 21.1. The van der Waals surface area contributed by atoms with Crippen molar-refractivity contribution in [3.63, 3.8) is 0 Å². The molecule has 1 aromatic rings. The van der Waals surface area contributed by atoms with Gasteiger partial charge < -0.3 is 35.0 Å². The van der Waals surface area contributed by atoms with Gasteiger partial charge >= 0.3 is 5.97 Å². The van der Waals surface area contributed by atoms with Crippen LogP contribution in [-0.4, -0.2) is 133 Å². The number of likely N-dealkylation sites (tertiary alicyclic amines) is 1. The van der Waals surface area contributed by atoms with Crippen LogP contribution < -0.4 is 10.6 Å². The quantitative estimate of drug-likeness (QED) is 0.131. The fourth-order valence-electron chi connectivity index (χ4n) is 8.68. The minimum absolute atomic E-state index is 0.0108. The third-order valence-electron chi connectivity index (χ3n) is 12.2. The maximum atomic E-state index is 14.4. The van der Waals surface area contributed by atoms with E-state index in [2.05, 4.69) is 29.4 Å². The topological polar surface area (TPSA) is 158 Å². The second kappa shape index (κ2) is 23.8. The number of benzene rings is 1. The lowest BCUT2D eigenvalue weighted by atomic mass is 9.89. The zero-order valence-corrected chi connectivity index (χ0v) is 37.1. The van der Waals surface area contributed by atoms with Crippen LogP contribution in [0.5, 0.6) is 0 Å². The van der Waals surface area contributed by atoms with Crippen LogP contribution >= 0.6 is 0 Å². The minimum Gasteiger partial charge on any atom is -0.480 e. The molecule has 57 heavy (non-hydrogen) atoms. The predicted octanol–water partition coefficient (Wildman–Crippen LogP) is 5.00. The molecule has 13 heteroatoms. The number of hydrogen-bond acceptors (Lipinski definition) is 8. The highest BCUT2D eigenvalue weighted by Crippen LogP contribution is 2.30. The third-order valence-corrected chi connectivity index (χ3v) is 12.2. The Balaban J connectivity index is 2.30. The summed E-state index contributed by atoms with van der Waals surface area (Å²) in [6.07, 6.45) is 2.63. The number of nitrogens with one attached hydrogen (secondary N) is 2. The largest absolute Gasteiger partial charge is 0.480 e. The third kappa shape index (κ3) is 13.2. The lowest BCUT2D eigenvalue weighted by Gasteiger charge is -2.41. The maximum absolute atomic E-state index is 14.4. The molecule has 0 aliphatic carbocycles. The van der Waals surface area contributed by atoms with E-state index in [1.165, 1.54) is 7.11 Å². The number of amides is 4. The molecule has 13 nitrogen and oxygen atoms in total. The number of rotatable bonds is 24. The first kappa shape index (κ1) is 49.6. The van der Waals surface area contributed by atoms with E-state index in [1.54, 1.807) is 30.9 Å². The Morgan fingerprint density at radius 1 is 0.860 bits per heavy atom. The van der Waals surface area contributed by atoms with Crippen LogP contribution in [0, 0.1) is 23.7 Å². The molecule has 1 aliphatic heterocycles. The summed E-state index contributed by atoms with van der Waals surface area (Å²) in [7, 11) is 6.77. The van der Waals surface area contributed by atoms with Crippen LogP contribution in [-0.2, 0) is 39.9 Å². The fourth-order valence-corrected chi connectivity index (χ4v) is 8.68. The highest BCUT2D eigenvalue weighted by molar-refractivity contribution is 5.90. The molecule has 0 radical (unpaired) electrons. The van der Waals surface area contributed by atoms with E-state index in [0.29, 0.717) is 19.4 Å². The molecule has 3 N–H and O–H groups in total. The average Bonchev–Trinajstić information content (AvgIpc) is 3.66. The van der Waals surface area contributed by atoms with Crippen molar-refractivity contribution < 1.29 is 38.6 Å². The summed E-state index contributed by atoms with van der Waals surface area (Å²) in [4.78, 5) is 73.8. The molecule has 9 atom stereocenters. The van der Waals surface area contributed by atoms with Gasteiger partial charge in [-0.25, -0.2) is 4.79 Å². The van der Waals surface area contributed by atoms with Crippen LogP contribution in [0.3, 0.4) is 0 Å². The molecule has 1 aromatic carbocycles. The zero-order valence-electron chi connectivity index (χ0n) is 37.1. The van der Waals surface area contributed by atoms with Gasteiger partial charge in [0.15, 0.2) is 0 Å². The van der Waals surface area contributed by atoms with Crippen molar-refractivity contribution in [2.75, 3.05) is 34.9 Å². The van der Waals surface area contributed by atoms with E-state index < -0.39 is 60.2 Å². The van der Waals surface area contributed by atoms with Crippen LogP contribution in [0.1, 0.15) is 106 Å². The molecule has 0 aromatic heterocycles. The summed E-state index contributed by atoms with van der Waals surface area (Å²) in [5.74, 6) is -3.18. The summed E-state index contributed by atoms with van der Waals surface area (Å²) in [5.41, 5.74) is 0.786. The summed E-state index contributed by atoms with van der Waals surface area (Å²) < 4.78 is 11.9. The Labute approximate surface area is 343 Å². The van der Waals surface area contributed by atoms with Crippen molar-refractivity contribution >= 4 is 29.6 Å². The minimum atomic E-state index is -1.14. The van der Waals surface area contributed by atoms with Gasteiger partial charge in [-0.3, -0.25) is 24.1 Å². The number of carbonyl (C=O) groups excluding carboxylic acids is 4. The van der Waals surface area contributed by atoms with Gasteiger partial charge in [0, 0.05) is 40.3 Å². The maximum Gasteiger partial charge on any atom is 0.326 e. The molecule has 0 bridgehead atoms. The van der Waals surface area contributed by atoms with Crippen LogP contribution in [0.15, 0.2) is 30.3 Å². The normalized spacial score (nSPS) is 18.8. The zero-order chi connectivity index (χ0) is 43.1. The molecule has 324 valence electrons. The molecule has 1 aliphatic rings. The van der Waals surface area contributed by atoms with Crippen LogP contribution in [0.25, 0.3) is 0 Å². The SMILES string of the molecule is CCC(CC)N(C)C(C(=O)N[C@H](C(=O)N(C)[C@@H]([C@@H](C)CC)[C@@H](CC(=O)N1CCC[C@H]1[C@H](OC)[C@@H](C)C(=O)N[C@@H](Cc1ccccc1)C(=O)O)OC)C(C)C)C(C)C. The highest BCUT2D eigenvalue weighted by atomic mass is 16.5. The summed E-state index contributed by atoms with van der Waals surface area (Å²) >= 11 is 0. The summed E-state index contributed by atoms with van der Waals surface area (Å²) in [6, 6.07) is 6.12. The molecule has 1 fully saturated rings. The molecule has 1 heterocycles. The Bertz CT molecular complexity index is 1420. The molecule has 1 unspecified atom stereocenters. The number of carbonyl (C=O) groups is 5. The second-order valence-electron chi connectivity index (χ2n) is 16.7. The van der Waals surface area contributed by atoms with Gasteiger partial charge in [0.2, 0.25) is 23.6 Å². The molecular formula is C44H75N5O8. The number of likely N-dealkylation sites (N-methyl/N-ethyl adjacent to an activating group) is 2. The van der Waals surface area contributed by atoms with E-state index in [4.69, 9.17) is 9.47 Å². The van der Waals surface area contributed by atoms with Gasteiger partial charge in [-0.15, -0.1) is 0 Å². The van der Waals surface area contributed by atoms with E-state index in [9.17, 15) is 29.1 Å². The van der Waals surface area contributed by atoms with Crippen molar-refractivity contribution in [2.45, 2.75) is 156 Å². The van der Waals surface area contributed by atoms with Crippen LogP contribution in [0.4, 0.5) is 0 Å². The van der Waals surface area contributed by atoms with E-state index in [0.717, 1.165) is 24.8 Å². The molecule has 2 rings (SSSR count). The standard InChI is InChI=1S/C44H75N5O8/c1-14-29(8)39(48(11)43(53)37(27(4)5)46-42(52)38(28(6)7)47(10)32(15-2)16-3)35(56-12)26-36(50)49-24-20-23-34(49)40(57-13)30(9)41(51)45-33(44(54)55)25-31-21-18-17-19-22-31/h17-19,21-22,27-30,32-35,37-40H,14-16,20,23-26H2,1-13H3,(H,45,51)(H,46,52)(H,54,55)/t29-,30+,33-,34-,35+,37-,38?,39-,40+/m0/s1. The van der Waals surface area contributed by atoms with Crippen molar-refractivity contribution in [2.24, 2.45) is 23.7 Å². The molecule has 0 spiro atoms. The Kier molecular flexibility index (Phi) is 20.7. The number of carboxylic acids is 1. The number of nitrogens with zero attached hydrogens (tertiary/aromatic N) is 3. The van der Waals surface area contributed by atoms with Crippen molar-refractivity contribution in [1.82, 2.24) is 25.3 Å². The molecule has 0 saturated carbocycles. The number of methoxy groups -OCH3 is 2. The second-order valence-corrected chi connectivity index (χ2v) is 16.7. The van der Waals surface area contributed by atoms with Crippen molar-refractivity contribution in [3.05, 3.63) is 35.9 Å².